The average molecular weight is 423 g/mol. The van der Waals surface area contributed by atoms with Gasteiger partial charge in [-0.25, -0.2) is 4.57 Å². The van der Waals surface area contributed by atoms with Gasteiger partial charge in [0.1, 0.15) is 11.3 Å². The lowest BCUT2D eigenvalue weighted by Gasteiger charge is -2.13. The van der Waals surface area contributed by atoms with E-state index in [1.807, 2.05) is 13.0 Å². The number of aromatic nitrogens is 1. The van der Waals surface area contributed by atoms with Gasteiger partial charge in [0.2, 0.25) is 16.9 Å². The Morgan fingerprint density at radius 2 is 1.56 bits per heavy atom. The number of nitrogens with zero attached hydrogens (tertiary/aromatic N) is 1. The molecule has 0 amide bonds. The quantitative estimate of drug-likeness (QED) is 0.344. The van der Waals surface area contributed by atoms with E-state index in [-0.39, 0.29) is 33.4 Å². The standard InChI is InChI=1S/C26H17NO5/c1-15-11-12-22-18(13-15)24(30)20-14-19(23(29)17-9-5-6-10-21(17)28)25(31)27(26(20)32-22)16-7-3-2-4-8-16/h2-14,28H,1H3. The molecule has 5 rings (SSSR count). The Bertz CT molecular complexity index is 1650. The summed E-state index contributed by atoms with van der Waals surface area (Å²) < 4.78 is 7.24. The Morgan fingerprint density at radius 3 is 2.31 bits per heavy atom. The first-order valence-electron chi connectivity index (χ1n) is 9.97. The zero-order valence-electron chi connectivity index (χ0n) is 17.0. The number of hydrogen-bond donors (Lipinski definition) is 1. The maximum absolute atomic E-state index is 13.5. The van der Waals surface area contributed by atoms with Crippen LogP contribution in [-0.4, -0.2) is 15.5 Å². The summed E-state index contributed by atoms with van der Waals surface area (Å²) in [6.07, 6.45) is 0. The maximum atomic E-state index is 13.5. The van der Waals surface area contributed by atoms with E-state index >= 15 is 0 Å². The summed E-state index contributed by atoms with van der Waals surface area (Å²) in [6.45, 7) is 1.86. The number of phenolic OH excluding ortho intramolecular Hbond substituents is 1. The molecule has 0 bridgehead atoms. The maximum Gasteiger partial charge on any atom is 0.269 e. The Morgan fingerprint density at radius 1 is 0.844 bits per heavy atom. The van der Waals surface area contributed by atoms with Gasteiger partial charge in [0.25, 0.3) is 5.56 Å². The topological polar surface area (TPSA) is 89.5 Å². The molecular formula is C26H17NO5. The lowest BCUT2D eigenvalue weighted by Crippen LogP contribution is -2.27. The number of pyridine rings is 1. The van der Waals surface area contributed by atoms with E-state index in [0.29, 0.717) is 16.7 Å². The summed E-state index contributed by atoms with van der Waals surface area (Å²) in [6, 6.07) is 21.1. The highest BCUT2D eigenvalue weighted by Gasteiger charge is 2.23. The third kappa shape index (κ3) is 3.01. The van der Waals surface area contributed by atoms with Gasteiger partial charge in [0.15, 0.2) is 0 Å². The molecule has 32 heavy (non-hydrogen) atoms. The number of ketones is 1. The summed E-state index contributed by atoms with van der Waals surface area (Å²) in [5.41, 5.74) is 0.475. The first-order chi connectivity index (χ1) is 15.5. The smallest absolute Gasteiger partial charge is 0.269 e. The lowest BCUT2D eigenvalue weighted by atomic mass is 10.0. The fraction of sp³-hybridized carbons (Fsp3) is 0.0385. The number of fused-ring (bicyclic) bond motifs is 2. The molecular weight excluding hydrogens is 406 g/mol. The molecule has 156 valence electrons. The Labute approximate surface area is 181 Å². The molecule has 0 atom stereocenters. The van der Waals surface area contributed by atoms with Crippen molar-refractivity contribution in [3.63, 3.8) is 0 Å². The first kappa shape index (κ1) is 19.5. The zero-order valence-corrected chi connectivity index (χ0v) is 17.0. The number of benzene rings is 3. The third-order valence-electron chi connectivity index (χ3n) is 5.39. The molecule has 6 nitrogen and oxygen atoms in total. The predicted molar refractivity (Wildman–Crippen MR) is 122 cm³/mol. The molecule has 0 unspecified atom stereocenters. The van der Waals surface area contributed by atoms with Crippen LogP contribution in [-0.2, 0) is 0 Å². The van der Waals surface area contributed by atoms with Gasteiger partial charge in [-0.15, -0.1) is 0 Å². The van der Waals surface area contributed by atoms with E-state index in [9.17, 15) is 19.5 Å². The van der Waals surface area contributed by atoms with Crippen LogP contribution >= 0.6 is 0 Å². The van der Waals surface area contributed by atoms with Crippen molar-refractivity contribution in [1.29, 1.82) is 0 Å². The second kappa shape index (κ2) is 7.35. The highest BCUT2D eigenvalue weighted by Crippen LogP contribution is 2.24. The molecule has 0 saturated heterocycles. The second-order valence-electron chi connectivity index (χ2n) is 7.53. The van der Waals surface area contributed by atoms with Crippen molar-refractivity contribution in [1.82, 2.24) is 4.57 Å². The predicted octanol–water partition coefficient (Wildman–Crippen LogP) is 4.34. The van der Waals surface area contributed by atoms with E-state index in [2.05, 4.69) is 0 Å². The van der Waals surface area contributed by atoms with Crippen molar-refractivity contribution in [2.45, 2.75) is 6.92 Å². The van der Waals surface area contributed by atoms with Crippen LogP contribution in [0.5, 0.6) is 5.75 Å². The summed E-state index contributed by atoms with van der Waals surface area (Å²) in [5.74, 6) is -0.923. The van der Waals surface area contributed by atoms with Gasteiger partial charge in [0.05, 0.1) is 27.6 Å². The molecule has 0 aliphatic carbocycles. The molecule has 5 aromatic rings. The van der Waals surface area contributed by atoms with E-state index < -0.39 is 11.3 Å². The largest absolute Gasteiger partial charge is 0.507 e. The van der Waals surface area contributed by atoms with E-state index in [1.165, 1.54) is 22.8 Å². The van der Waals surface area contributed by atoms with Crippen LogP contribution in [0.15, 0.2) is 92.9 Å². The number of phenols is 1. The number of aromatic hydroxyl groups is 1. The van der Waals surface area contributed by atoms with Crippen molar-refractivity contribution in [2.75, 3.05) is 0 Å². The van der Waals surface area contributed by atoms with Crippen LogP contribution in [0.25, 0.3) is 27.8 Å². The van der Waals surface area contributed by atoms with Crippen molar-refractivity contribution >= 4 is 27.9 Å². The molecule has 2 aromatic heterocycles. The molecule has 6 heteroatoms. The molecule has 0 fully saturated rings. The summed E-state index contributed by atoms with van der Waals surface area (Å²) >= 11 is 0. The van der Waals surface area contributed by atoms with Crippen molar-refractivity contribution < 1.29 is 14.3 Å². The second-order valence-corrected chi connectivity index (χ2v) is 7.53. The summed E-state index contributed by atoms with van der Waals surface area (Å²) in [4.78, 5) is 40.1. The SMILES string of the molecule is Cc1ccc2oc3c(cc(C(=O)c4ccccc4O)c(=O)n3-c3ccccc3)c(=O)c2c1. The number of para-hydroxylation sites is 2. The Balaban J connectivity index is 1.94. The average Bonchev–Trinajstić information content (AvgIpc) is 2.80. The van der Waals surface area contributed by atoms with Crippen molar-refractivity contribution in [3.8, 4) is 11.4 Å². The minimum absolute atomic E-state index is 0.0235. The molecule has 2 heterocycles. The van der Waals surface area contributed by atoms with Gasteiger partial charge in [-0.2, -0.15) is 0 Å². The Kier molecular flexibility index (Phi) is 4.48. The minimum atomic E-state index is -0.677. The van der Waals surface area contributed by atoms with Gasteiger partial charge in [-0.05, 0) is 49.4 Å². The van der Waals surface area contributed by atoms with Crippen LogP contribution in [0.1, 0.15) is 21.5 Å². The number of rotatable bonds is 3. The number of hydrogen-bond acceptors (Lipinski definition) is 5. The number of aryl methyl sites for hydroxylation is 1. The minimum Gasteiger partial charge on any atom is -0.507 e. The fourth-order valence-corrected chi connectivity index (χ4v) is 3.81. The van der Waals surface area contributed by atoms with Gasteiger partial charge >= 0.3 is 0 Å². The molecule has 0 aliphatic heterocycles. The molecule has 3 aromatic carbocycles. The number of carbonyl (C=O) groups is 1. The van der Waals surface area contributed by atoms with Gasteiger partial charge in [-0.1, -0.05) is 42.0 Å². The van der Waals surface area contributed by atoms with Gasteiger partial charge in [0, 0.05) is 0 Å². The van der Waals surface area contributed by atoms with Crippen LogP contribution in [0.2, 0.25) is 0 Å². The highest BCUT2D eigenvalue weighted by atomic mass is 16.3. The van der Waals surface area contributed by atoms with Crippen LogP contribution < -0.4 is 11.0 Å². The normalized spacial score (nSPS) is 11.2. The fourth-order valence-electron chi connectivity index (χ4n) is 3.81. The molecule has 1 N–H and O–H groups in total. The van der Waals surface area contributed by atoms with Crippen LogP contribution in [0.4, 0.5) is 0 Å². The zero-order chi connectivity index (χ0) is 22.4. The molecule has 0 spiro atoms. The van der Waals surface area contributed by atoms with E-state index in [1.54, 1.807) is 54.6 Å². The van der Waals surface area contributed by atoms with E-state index in [4.69, 9.17) is 4.42 Å². The lowest BCUT2D eigenvalue weighted by molar-refractivity contribution is 0.103. The molecule has 0 aliphatic rings. The monoisotopic (exact) mass is 423 g/mol. The molecule has 0 radical (unpaired) electrons. The van der Waals surface area contributed by atoms with Crippen LogP contribution in [0, 0.1) is 6.92 Å². The third-order valence-corrected chi connectivity index (χ3v) is 5.39. The highest BCUT2D eigenvalue weighted by molar-refractivity contribution is 6.11. The first-order valence-corrected chi connectivity index (χ1v) is 9.97. The van der Waals surface area contributed by atoms with Gasteiger partial charge < -0.3 is 9.52 Å². The number of carbonyl (C=O) groups excluding carboxylic acids is 1. The summed E-state index contributed by atoms with van der Waals surface area (Å²) in [7, 11) is 0. The van der Waals surface area contributed by atoms with Crippen molar-refractivity contribution in [3.05, 3.63) is 116 Å². The van der Waals surface area contributed by atoms with Gasteiger partial charge in [-0.3, -0.25) is 14.4 Å². The van der Waals surface area contributed by atoms with Crippen molar-refractivity contribution in [2.24, 2.45) is 0 Å². The Hall–Kier alpha value is -4.45. The molecule has 0 saturated carbocycles. The van der Waals surface area contributed by atoms with E-state index in [0.717, 1.165) is 5.56 Å². The van der Waals surface area contributed by atoms with Crippen LogP contribution in [0.3, 0.4) is 0 Å². The summed E-state index contributed by atoms with van der Waals surface area (Å²) in [5, 5.41) is 10.6.